The van der Waals surface area contributed by atoms with Gasteiger partial charge in [-0.1, -0.05) is 6.08 Å². The van der Waals surface area contributed by atoms with Crippen molar-refractivity contribution < 1.29 is 19.1 Å². The molecule has 1 aliphatic heterocycles. The van der Waals surface area contributed by atoms with Crippen molar-refractivity contribution in [3.63, 3.8) is 0 Å². The Bertz CT molecular complexity index is 441. The van der Waals surface area contributed by atoms with Crippen LogP contribution in [0.15, 0.2) is 12.7 Å². The number of likely N-dealkylation sites (tertiary alicyclic amines) is 1. The molecule has 1 fully saturated rings. The zero-order valence-electron chi connectivity index (χ0n) is 11.1. The van der Waals surface area contributed by atoms with E-state index in [0.29, 0.717) is 19.4 Å². The quantitative estimate of drug-likeness (QED) is 0.511. The summed E-state index contributed by atoms with van der Waals surface area (Å²) in [5.74, 6) is -1.14. The molecule has 0 bridgehead atoms. The lowest BCUT2D eigenvalue weighted by Crippen LogP contribution is -2.42. The Morgan fingerprint density at radius 3 is 3.00 bits per heavy atom. The summed E-state index contributed by atoms with van der Waals surface area (Å²) < 4.78 is 4.58. The third-order valence-corrected chi connectivity index (χ3v) is 2.83. The van der Waals surface area contributed by atoms with E-state index >= 15 is 0 Å². The summed E-state index contributed by atoms with van der Waals surface area (Å²) in [6, 6.07) is 1.09. The Kier molecular flexibility index (Phi) is 6.23. The minimum Gasteiger partial charge on any atom is -0.449 e. The van der Waals surface area contributed by atoms with Gasteiger partial charge in [-0.05, 0) is 12.8 Å². The summed E-state index contributed by atoms with van der Waals surface area (Å²) in [5, 5.41) is 10.9. The van der Waals surface area contributed by atoms with Crippen LogP contribution in [0.2, 0.25) is 0 Å². The number of carbonyl (C=O) groups excluding carboxylic acids is 3. The molecule has 1 heterocycles. The summed E-state index contributed by atoms with van der Waals surface area (Å²) in [6.45, 7) is 3.38. The molecule has 20 heavy (non-hydrogen) atoms. The number of nitriles is 1. The van der Waals surface area contributed by atoms with Crippen molar-refractivity contribution in [1.82, 2.24) is 10.2 Å². The number of allylic oxidation sites excluding steroid dienone is 1. The van der Waals surface area contributed by atoms with Crippen molar-refractivity contribution in [2.75, 3.05) is 19.7 Å². The summed E-state index contributed by atoms with van der Waals surface area (Å²) in [4.78, 5) is 36.1. The summed E-state index contributed by atoms with van der Waals surface area (Å²) in [6.07, 6.45) is 2.94. The second-order valence-corrected chi connectivity index (χ2v) is 4.31. The maximum Gasteiger partial charge on any atom is 0.326 e. The average molecular weight is 279 g/mol. The molecule has 0 aromatic rings. The largest absolute Gasteiger partial charge is 0.449 e. The van der Waals surface area contributed by atoms with Gasteiger partial charge in [-0.2, -0.15) is 5.26 Å². The Balaban J connectivity index is 2.39. The molecule has 2 amide bonds. The molecular weight excluding hydrogens is 262 g/mol. The van der Waals surface area contributed by atoms with Crippen LogP contribution in [0, 0.1) is 11.3 Å². The third kappa shape index (κ3) is 4.72. The van der Waals surface area contributed by atoms with Crippen molar-refractivity contribution in [2.45, 2.75) is 25.3 Å². The van der Waals surface area contributed by atoms with E-state index in [1.807, 2.05) is 0 Å². The van der Waals surface area contributed by atoms with Crippen LogP contribution in [0.4, 0.5) is 0 Å². The molecule has 1 N–H and O–H groups in total. The number of amides is 2. The van der Waals surface area contributed by atoms with E-state index in [2.05, 4.69) is 16.6 Å². The smallest absolute Gasteiger partial charge is 0.326 e. The fourth-order valence-corrected chi connectivity index (χ4v) is 1.84. The Hall–Kier alpha value is -2.36. The molecule has 1 aliphatic rings. The highest BCUT2D eigenvalue weighted by atomic mass is 16.5. The Labute approximate surface area is 117 Å². The van der Waals surface area contributed by atoms with Crippen LogP contribution in [-0.2, 0) is 19.1 Å². The number of nitrogens with zero attached hydrogens (tertiary/aromatic N) is 2. The topological polar surface area (TPSA) is 99.5 Å². The number of rotatable bonds is 7. The van der Waals surface area contributed by atoms with Crippen molar-refractivity contribution in [3.8, 4) is 6.07 Å². The normalized spacial score (nSPS) is 17.4. The van der Waals surface area contributed by atoms with Crippen LogP contribution in [-0.4, -0.2) is 48.4 Å². The molecule has 0 saturated carbocycles. The monoisotopic (exact) mass is 279 g/mol. The van der Waals surface area contributed by atoms with E-state index < -0.39 is 12.0 Å². The number of hydrogen-bond donors (Lipinski definition) is 1. The molecule has 108 valence electrons. The number of esters is 1. The van der Waals surface area contributed by atoms with E-state index in [4.69, 9.17) is 5.26 Å². The van der Waals surface area contributed by atoms with Gasteiger partial charge >= 0.3 is 5.97 Å². The van der Waals surface area contributed by atoms with Gasteiger partial charge in [0.1, 0.15) is 18.7 Å². The van der Waals surface area contributed by atoms with Crippen molar-refractivity contribution in [1.29, 1.82) is 5.26 Å². The maximum absolute atomic E-state index is 11.9. The molecular formula is C13H17N3O4. The lowest BCUT2D eigenvalue weighted by molar-refractivity contribution is -0.147. The number of nitrogens with one attached hydrogen (secondary N) is 1. The van der Waals surface area contributed by atoms with Crippen molar-refractivity contribution in [2.24, 2.45) is 0 Å². The van der Waals surface area contributed by atoms with Gasteiger partial charge < -0.3 is 15.0 Å². The number of hydrogen-bond acceptors (Lipinski definition) is 5. The third-order valence-electron chi connectivity index (χ3n) is 2.83. The molecule has 0 aromatic carbocycles. The van der Waals surface area contributed by atoms with Crippen LogP contribution in [0.3, 0.4) is 0 Å². The molecule has 0 aliphatic carbocycles. The van der Waals surface area contributed by atoms with Gasteiger partial charge in [0, 0.05) is 13.0 Å². The van der Waals surface area contributed by atoms with Crippen LogP contribution in [0.5, 0.6) is 0 Å². The molecule has 0 unspecified atom stereocenters. The van der Waals surface area contributed by atoms with Crippen LogP contribution in [0.1, 0.15) is 19.3 Å². The van der Waals surface area contributed by atoms with Crippen molar-refractivity contribution >= 4 is 17.8 Å². The highest BCUT2D eigenvalue weighted by molar-refractivity contribution is 5.91. The van der Waals surface area contributed by atoms with Gasteiger partial charge in [0.2, 0.25) is 11.8 Å². The second-order valence-electron chi connectivity index (χ2n) is 4.31. The lowest BCUT2D eigenvalue weighted by atomic mass is 10.2. The molecule has 0 aromatic heterocycles. The van der Waals surface area contributed by atoms with E-state index in [9.17, 15) is 14.4 Å². The minimum absolute atomic E-state index is 0.195. The predicted molar refractivity (Wildman–Crippen MR) is 69.1 cm³/mol. The standard InChI is InChI=1S/C13H17N3O4/c1-2-3-4-11(17)15-10-5-7-16(13(10)19)9-12(18)20-8-6-14/h2,10H,1,3-5,7-9H2,(H,15,17)/t10-/m0/s1. The Morgan fingerprint density at radius 2 is 2.35 bits per heavy atom. The lowest BCUT2D eigenvalue weighted by Gasteiger charge is -2.15. The van der Waals surface area contributed by atoms with Gasteiger partial charge in [0.05, 0.1) is 0 Å². The van der Waals surface area contributed by atoms with Crippen LogP contribution in [0.25, 0.3) is 0 Å². The summed E-state index contributed by atoms with van der Waals surface area (Å²) >= 11 is 0. The zero-order chi connectivity index (χ0) is 15.0. The maximum atomic E-state index is 11.9. The summed E-state index contributed by atoms with van der Waals surface area (Å²) in [7, 11) is 0. The number of ether oxygens (including phenoxy) is 1. The minimum atomic E-state index is -0.626. The van der Waals surface area contributed by atoms with E-state index in [1.54, 1.807) is 12.1 Å². The fourth-order valence-electron chi connectivity index (χ4n) is 1.84. The van der Waals surface area contributed by atoms with Crippen molar-refractivity contribution in [3.05, 3.63) is 12.7 Å². The molecule has 0 radical (unpaired) electrons. The SMILES string of the molecule is C=CCCC(=O)N[C@H]1CCN(CC(=O)OCC#N)C1=O. The van der Waals surface area contributed by atoms with Gasteiger partial charge in [0.25, 0.3) is 0 Å². The van der Waals surface area contributed by atoms with E-state index in [-0.39, 0.29) is 31.4 Å². The first-order valence-electron chi connectivity index (χ1n) is 6.30. The first-order chi connectivity index (χ1) is 9.58. The molecule has 1 atom stereocenters. The highest BCUT2D eigenvalue weighted by Crippen LogP contribution is 2.11. The second kappa shape index (κ2) is 7.94. The van der Waals surface area contributed by atoms with Gasteiger partial charge in [-0.3, -0.25) is 14.4 Å². The predicted octanol–water partition coefficient (Wildman–Crippen LogP) is -0.264. The van der Waals surface area contributed by atoms with E-state index in [1.165, 1.54) is 4.90 Å². The zero-order valence-corrected chi connectivity index (χ0v) is 11.1. The first kappa shape index (κ1) is 15.7. The van der Waals surface area contributed by atoms with Crippen LogP contribution >= 0.6 is 0 Å². The van der Waals surface area contributed by atoms with Gasteiger partial charge in [-0.15, -0.1) is 6.58 Å². The molecule has 7 heteroatoms. The molecule has 1 saturated heterocycles. The van der Waals surface area contributed by atoms with Crippen LogP contribution < -0.4 is 5.32 Å². The highest BCUT2D eigenvalue weighted by Gasteiger charge is 2.33. The molecule has 7 nitrogen and oxygen atoms in total. The Morgan fingerprint density at radius 1 is 1.60 bits per heavy atom. The molecule has 0 spiro atoms. The fraction of sp³-hybridized carbons (Fsp3) is 0.538. The summed E-state index contributed by atoms with van der Waals surface area (Å²) in [5.41, 5.74) is 0. The van der Waals surface area contributed by atoms with Gasteiger partial charge in [-0.25, -0.2) is 0 Å². The first-order valence-corrected chi connectivity index (χ1v) is 6.30. The van der Waals surface area contributed by atoms with E-state index in [0.717, 1.165) is 0 Å². The van der Waals surface area contributed by atoms with Gasteiger partial charge in [0.15, 0.2) is 6.61 Å². The molecule has 1 rings (SSSR count). The number of carbonyl (C=O) groups is 3. The average Bonchev–Trinajstić information content (AvgIpc) is 2.75.